The highest BCUT2D eigenvalue weighted by molar-refractivity contribution is 8.02. The average Bonchev–Trinajstić information content (AvgIpc) is 1.43. The Morgan fingerprint density at radius 3 is 1.77 bits per heavy atom. The lowest BCUT2D eigenvalue weighted by molar-refractivity contribution is 0.571. The van der Waals surface area contributed by atoms with E-state index >= 15 is 0 Å². The Kier molecular flexibility index (Phi) is 3.71. The van der Waals surface area contributed by atoms with E-state index in [4.69, 9.17) is 0 Å². The molecule has 0 aromatic rings. The second-order valence-electron chi connectivity index (χ2n) is 3.02. The molecule has 1 N–H and O–H groups in total. The van der Waals surface area contributed by atoms with Crippen LogP contribution in [0.2, 0.25) is 0 Å². The van der Waals surface area contributed by atoms with Crippen LogP contribution in [0.1, 0.15) is 0 Å². The van der Waals surface area contributed by atoms with Gasteiger partial charge >= 0.3 is 0 Å². The van der Waals surface area contributed by atoms with Gasteiger partial charge in [-0.2, -0.15) is 4.49 Å². The summed E-state index contributed by atoms with van der Waals surface area (Å²) in [5, 5.41) is 0. The molecule has 0 aromatic carbocycles. The molecule has 0 fully saturated rings. The smallest absolute Gasteiger partial charge is 0.214 e. The quantitative estimate of drug-likeness (QED) is 0.674. The molecule has 0 radical (unpaired) electrons. The van der Waals surface area contributed by atoms with E-state index in [1.807, 2.05) is 0 Å². The second-order valence-corrected chi connectivity index (χ2v) is 10.4. The maximum absolute atomic E-state index is 11.4. The maximum Gasteiger partial charge on any atom is 0.214 e. The number of sulfonamides is 1. The van der Waals surface area contributed by atoms with Crippen molar-refractivity contribution in [3.05, 3.63) is 0 Å². The molecule has 80 valence electrons. The fraction of sp³-hybridized carbons (Fsp3) is 1.00. The van der Waals surface area contributed by atoms with E-state index in [0.29, 0.717) is 0 Å². The minimum Gasteiger partial charge on any atom is -0.305 e. The van der Waals surface area contributed by atoms with Gasteiger partial charge in [0.1, 0.15) is 5.49 Å². The Bertz CT molecular complexity index is 383. The summed E-state index contributed by atoms with van der Waals surface area (Å²) in [4.78, 5) is 0. The van der Waals surface area contributed by atoms with E-state index in [1.165, 1.54) is 0 Å². The minimum absolute atomic E-state index is 0.660. The second kappa shape index (κ2) is 3.68. The zero-order chi connectivity index (χ0) is 10.9. The molecule has 0 aromatic heterocycles. The van der Waals surface area contributed by atoms with Gasteiger partial charge in [0, 0.05) is 12.9 Å². The summed E-state index contributed by atoms with van der Waals surface area (Å²) in [7, 11) is -10.4. The van der Waals surface area contributed by atoms with Crippen molar-refractivity contribution in [2.24, 2.45) is 0 Å². The third kappa shape index (κ3) is 8.42. The lowest BCUT2D eigenvalue weighted by atomic mass is 11.9. The Balaban J connectivity index is 4.74. The molecule has 0 heterocycles. The fourth-order valence-electron chi connectivity index (χ4n) is 0.825. The number of sulfone groups is 1. The summed E-state index contributed by atoms with van der Waals surface area (Å²) in [5.74, 6) is 0. The van der Waals surface area contributed by atoms with Gasteiger partial charge in [-0.1, -0.05) is 0 Å². The van der Waals surface area contributed by atoms with Crippen LogP contribution in [0.4, 0.5) is 0 Å². The Hall–Kier alpha value is 0.0900. The van der Waals surface area contributed by atoms with Crippen molar-refractivity contribution in [2.45, 2.75) is 0 Å². The lowest BCUT2D eigenvalue weighted by Crippen LogP contribution is -2.22. The van der Waals surface area contributed by atoms with Crippen LogP contribution in [-0.2, 0) is 24.4 Å². The molecular formula is C4H12NO5PS2. The molecule has 9 heteroatoms. The minimum atomic E-state index is -3.63. The van der Waals surface area contributed by atoms with Gasteiger partial charge in [-0.15, -0.1) is 0 Å². The molecule has 0 saturated heterocycles. The third-order valence-corrected chi connectivity index (χ3v) is 7.56. The van der Waals surface area contributed by atoms with Crippen LogP contribution in [0.5, 0.6) is 0 Å². The molecule has 1 atom stereocenters. The number of nitrogens with one attached hydrogen (secondary N) is 1. The summed E-state index contributed by atoms with van der Waals surface area (Å²) in [6.07, 6.45) is 1.72. The molecule has 13 heavy (non-hydrogen) atoms. The Morgan fingerprint density at radius 1 is 1.15 bits per heavy atom. The molecule has 0 aliphatic carbocycles. The summed E-state index contributed by atoms with van der Waals surface area (Å²) in [6, 6.07) is 0. The van der Waals surface area contributed by atoms with Gasteiger partial charge in [0.25, 0.3) is 0 Å². The number of hydrogen-bond donors (Lipinski definition) is 1. The van der Waals surface area contributed by atoms with Crippen molar-refractivity contribution in [1.29, 1.82) is 0 Å². The Morgan fingerprint density at radius 2 is 1.54 bits per heavy atom. The van der Waals surface area contributed by atoms with Gasteiger partial charge in [0.05, 0.1) is 6.26 Å². The van der Waals surface area contributed by atoms with E-state index in [-0.39, 0.29) is 0 Å². The lowest BCUT2D eigenvalue weighted by Gasteiger charge is -2.11. The highest BCUT2D eigenvalue weighted by Gasteiger charge is 2.24. The van der Waals surface area contributed by atoms with Crippen molar-refractivity contribution in [3.63, 3.8) is 0 Å². The van der Waals surface area contributed by atoms with Crippen molar-refractivity contribution < 1.29 is 21.4 Å². The highest BCUT2D eigenvalue weighted by Crippen LogP contribution is 2.37. The molecule has 0 aliphatic heterocycles. The van der Waals surface area contributed by atoms with E-state index in [9.17, 15) is 21.4 Å². The summed E-state index contributed by atoms with van der Waals surface area (Å²) in [6.45, 7) is 1.08. The summed E-state index contributed by atoms with van der Waals surface area (Å²) < 4.78 is 55.9. The van der Waals surface area contributed by atoms with Crippen LogP contribution >= 0.6 is 7.29 Å². The molecule has 0 amide bonds. The molecular weight excluding hydrogens is 237 g/mol. The first kappa shape index (κ1) is 13.1. The molecule has 1 unspecified atom stereocenters. The van der Waals surface area contributed by atoms with Gasteiger partial charge in [-0.3, -0.25) is 0 Å². The monoisotopic (exact) mass is 249 g/mol. The maximum atomic E-state index is 11.4. The zero-order valence-corrected chi connectivity index (χ0v) is 10.0. The van der Waals surface area contributed by atoms with E-state index in [1.54, 1.807) is 4.49 Å². The van der Waals surface area contributed by atoms with Crippen molar-refractivity contribution in [3.8, 4) is 0 Å². The first-order valence-electron chi connectivity index (χ1n) is 3.15. The van der Waals surface area contributed by atoms with Gasteiger partial charge in [-0.25, -0.2) is 16.8 Å². The van der Waals surface area contributed by atoms with Crippen LogP contribution in [0, 0.1) is 0 Å². The SMILES string of the molecule is CP(=O)(CS(C)(=O)=O)NS(C)(=O)=O. The molecule has 0 aliphatic rings. The van der Waals surface area contributed by atoms with Crippen molar-refractivity contribution >= 4 is 27.2 Å². The highest BCUT2D eigenvalue weighted by atomic mass is 32.2. The average molecular weight is 249 g/mol. The number of hydrogen-bond acceptors (Lipinski definition) is 5. The molecule has 0 spiro atoms. The predicted octanol–water partition coefficient (Wildman–Crippen LogP) is -0.554. The molecule has 0 saturated carbocycles. The Labute approximate surface area is 78.1 Å². The topological polar surface area (TPSA) is 97.4 Å². The first-order chi connectivity index (χ1) is 5.41. The van der Waals surface area contributed by atoms with Crippen molar-refractivity contribution in [2.75, 3.05) is 24.7 Å². The van der Waals surface area contributed by atoms with Crippen LogP contribution in [0.15, 0.2) is 0 Å². The molecule has 0 rings (SSSR count). The van der Waals surface area contributed by atoms with E-state index in [2.05, 4.69) is 0 Å². The summed E-state index contributed by atoms with van der Waals surface area (Å²) in [5.41, 5.74) is -0.660. The molecule has 6 nitrogen and oxygen atoms in total. The van der Waals surface area contributed by atoms with Gasteiger partial charge in [0.15, 0.2) is 17.1 Å². The van der Waals surface area contributed by atoms with Gasteiger partial charge < -0.3 is 4.57 Å². The van der Waals surface area contributed by atoms with E-state index in [0.717, 1.165) is 19.2 Å². The normalized spacial score (nSPS) is 18.1. The van der Waals surface area contributed by atoms with Gasteiger partial charge in [0.2, 0.25) is 10.0 Å². The van der Waals surface area contributed by atoms with Gasteiger partial charge in [-0.05, 0) is 0 Å². The van der Waals surface area contributed by atoms with Crippen LogP contribution in [0.25, 0.3) is 0 Å². The van der Waals surface area contributed by atoms with Crippen LogP contribution in [-0.4, -0.2) is 41.5 Å². The zero-order valence-electron chi connectivity index (χ0n) is 7.51. The largest absolute Gasteiger partial charge is 0.305 e. The van der Waals surface area contributed by atoms with Crippen molar-refractivity contribution in [1.82, 2.24) is 4.49 Å². The standard InChI is InChI=1S/C4H12NO5PS2/c1-11(6,4-12(2,7)8)5-13(3,9)10/h4H2,1-3H3,(H,5,6). The molecule has 0 bridgehead atoms. The summed E-state index contributed by atoms with van der Waals surface area (Å²) >= 11 is 0. The predicted molar refractivity (Wildman–Crippen MR) is 51.2 cm³/mol. The van der Waals surface area contributed by atoms with Crippen LogP contribution in [0.3, 0.4) is 0 Å². The first-order valence-corrected chi connectivity index (χ1v) is 9.44. The third-order valence-electron chi connectivity index (χ3n) is 0.840. The fourth-order valence-corrected chi connectivity index (χ4v) is 7.90. The van der Waals surface area contributed by atoms with E-state index < -0.39 is 32.6 Å². The number of rotatable bonds is 4. The van der Waals surface area contributed by atoms with Crippen LogP contribution < -0.4 is 4.49 Å².